The lowest BCUT2D eigenvalue weighted by molar-refractivity contribution is -0.140. The van der Waals surface area contributed by atoms with Crippen molar-refractivity contribution >= 4 is 40.6 Å². The standard InChI is InChI=1S/C29H33F2N7O4/c1-36-23-17-32-28(35-25(23)38(18-29(30,31)27(36)41)21-6-4-3-5-7-21)34-22-9-8-19(16-24(22)42-2)26(40)33-20-10-12-37(13-11-20)14-15-39/h3-9,16-17,20,39H,10-15,18H2,1-2H3,(H,33,40)(H,32,34,35). The number of piperidine rings is 1. The number of hydrogen-bond acceptors (Lipinski definition) is 9. The van der Waals surface area contributed by atoms with Gasteiger partial charge >= 0.3 is 5.92 Å². The number of benzene rings is 2. The number of ether oxygens (including phenoxy) is 1. The van der Waals surface area contributed by atoms with Gasteiger partial charge in [0.1, 0.15) is 11.4 Å². The molecule has 2 aliphatic heterocycles. The molecule has 0 saturated carbocycles. The maximum atomic E-state index is 14.9. The summed E-state index contributed by atoms with van der Waals surface area (Å²) in [5.41, 5.74) is 1.45. The Bertz CT molecular complexity index is 1430. The lowest BCUT2D eigenvalue weighted by Gasteiger charge is -2.31. The van der Waals surface area contributed by atoms with E-state index >= 15 is 0 Å². The van der Waals surface area contributed by atoms with Gasteiger partial charge in [-0.2, -0.15) is 13.8 Å². The van der Waals surface area contributed by atoms with Crippen molar-refractivity contribution in [3.8, 4) is 5.75 Å². The summed E-state index contributed by atoms with van der Waals surface area (Å²) in [5, 5.41) is 15.2. The van der Waals surface area contributed by atoms with Gasteiger partial charge in [0.05, 0.1) is 32.1 Å². The van der Waals surface area contributed by atoms with Gasteiger partial charge in [-0.25, -0.2) is 4.98 Å². The number of fused-ring (bicyclic) bond motifs is 1. The van der Waals surface area contributed by atoms with E-state index in [1.807, 2.05) is 0 Å². The Morgan fingerprint density at radius 2 is 1.90 bits per heavy atom. The summed E-state index contributed by atoms with van der Waals surface area (Å²) in [6.07, 6.45) is 2.91. The lowest BCUT2D eigenvalue weighted by atomic mass is 10.0. The number of nitrogens with zero attached hydrogens (tertiary/aromatic N) is 5. The topological polar surface area (TPSA) is 123 Å². The van der Waals surface area contributed by atoms with Crippen molar-refractivity contribution in [2.24, 2.45) is 0 Å². The third-order valence-corrected chi connectivity index (χ3v) is 7.46. The molecular formula is C29H33F2N7O4. The predicted molar refractivity (Wildman–Crippen MR) is 154 cm³/mol. The first kappa shape index (κ1) is 29.1. The van der Waals surface area contributed by atoms with E-state index in [1.165, 1.54) is 25.3 Å². The van der Waals surface area contributed by atoms with E-state index < -0.39 is 18.4 Å². The van der Waals surface area contributed by atoms with E-state index in [9.17, 15) is 18.4 Å². The Morgan fingerprint density at radius 1 is 1.17 bits per heavy atom. The molecule has 3 N–H and O–H groups in total. The number of anilines is 5. The number of alkyl halides is 2. The molecular weight excluding hydrogens is 548 g/mol. The van der Waals surface area contributed by atoms with Gasteiger partial charge in [-0.05, 0) is 43.2 Å². The molecule has 0 atom stereocenters. The lowest BCUT2D eigenvalue weighted by Crippen LogP contribution is -2.45. The second-order valence-corrected chi connectivity index (χ2v) is 10.2. The first-order valence-corrected chi connectivity index (χ1v) is 13.6. The number of rotatable bonds is 8. The average molecular weight is 582 g/mol. The zero-order chi connectivity index (χ0) is 29.9. The molecule has 42 heavy (non-hydrogen) atoms. The van der Waals surface area contributed by atoms with Crippen molar-refractivity contribution in [3.63, 3.8) is 0 Å². The number of carbonyl (C=O) groups is 2. The van der Waals surface area contributed by atoms with E-state index in [2.05, 4.69) is 25.5 Å². The minimum absolute atomic E-state index is 0.0363. The van der Waals surface area contributed by atoms with Crippen LogP contribution in [0.25, 0.3) is 0 Å². The molecule has 1 fully saturated rings. The van der Waals surface area contributed by atoms with Gasteiger partial charge in [-0.1, -0.05) is 18.2 Å². The highest BCUT2D eigenvalue weighted by atomic mass is 19.3. The minimum Gasteiger partial charge on any atom is -0.495 e. The Morgan fingerprint density at radius 3 is 2.60 bits per heavy atom. The molecule has 5 rings (SSSR count). The molecule has 1 saturated heterocycles. The van der Waals surface area contributed by atoms with Crippen LogP contribution in [0.3, 0.4) is 0 Å². The summed E-state index contributed by atoms with van der Waals surface area (Å²) < 4.78 is 35.3. The van der Waals surface area contributed by atoms with E-state index in [1.54, 1.807) is 48.5 Å². The number of para-hydroxylation sites is 1. The Balaban J connectivity index is 1.37. The first-order chi connectivity index (χ1) is 20.2. The summed E-state index contributed by atoms with van der Waals surface area (Å²) in [6.45, 7) is 1.47. The van der Waals surface area contributed by atoms with Gasteiger partial charge < -0.3 is 35.2 Å². The Labute approximate surface area is 242 Å². The van der Waals surface area contributed by atoms with Gasteiger partial charge in [-0.3, -0.25) is 9.59 Å². The highest BCUT2D eigenvalue weighted by molar-refractivity contribution is 6.02. The van der Waals surface area contributed by atoms with Crippen LogP contribution in [0.2, 0.25) is 0 Å². The Hall–Kier alpha value is -4.36. The molecule has 2 aromatic carbocycles. The fraction of sp³-hybridized carbons (Fsp3) is 0.379. The van der Waals surface area contributed by atoms with Crippen molar-refractivity contribution in [2.45, 2.75) is 24.8 Å². The molecule has 222 valence electrons. The fourth-order valence-corrected chi connectivity index (χ4v) is 5.15. The van der Waals surface area contributed by atoms with Gasteiger partial charge in [0, 0.05) is 44.0 Å². The number of halogens is 2. The SMILES string of the molecule is COc1cc(C(=O)NC2CCN(CCO)CC2)ccc1Nc1ncc2c(n1)N(c1ccccc1)CC(F)(F)C(=O)N2C. The van der Waals surface area contributed by atoms with Gasteiger partial charge in [-0.15, -0.1) is 0 Å². The number of methoxy groups -OCH3 is 1. The fourth-order valence-electron chi connectivity index (χ4n) is 5.15. The number of β-amino-alcohol motifs (C(OH)–C–C–N with tert-alkyl or cyclic N) is 1. The molecule has 11 nitrogen and oxygen atoms in total. The molecule has 3 aromatic rings. The third-order valence-electron chi connectivity index (χ3n) is 7.46. The number of aromatic nitrogens is 2. The number of likely N-dealkylation sites (tertiary alicyclic amines) is 1. The van der Waals surface area contributed by atoms with Crippen molar-refractivity contribution < 1.29 is 28.2 Å². The molecule has 0 bridgehead atoms. The molecule has 2 aliphatic rings. The largest absolute Gasteiger partial charge is 0.495 e. The number of hydrogen-bond donors (Lipinski definition) is 3. The highest BCUT2D eigenvalue weighted by Crippen LogP contribution is 2.40. The van der Waals surface area contributed by atoms with Crippen LogP contribution in [0.5, 0.6) is 5.75 Å². The summed E-state index contributed by atoms with van der Waals surface area (Å²) in [5.74, 6) is -4.66. The van der Waals surface area contributed by atoms with Gasteiger partial charge in [0.2, 0.25) is 5.95 Å². The van der Waals surface area contributed by atoms with Crippen LogP contribution in [0.1, 0.15) is 23.2 Å². The summed E-state index contributed by atoms with van der Waals surface area (Å²) in [7, 11) is 2.74. The first-order valence-electron chi connectivity index (χ1n) is 13.6. The number of aliphatic hydroxyl groups is 1. The van der Waals surface area contributed by atoms with Crippen LogP contribution < -0.4 is 25.2 Å². The van der Waals surface area contributed by atoms with Crippen LogP contribution in [-0.4, -0.2) is 90.7 Å². The van der Waals surface area contributed by atoms with Crippen LogP contribution in [0.4, 0.5) is 37.6 Å². The zero-order valence-electron chi connectivity index (χ0n) is 23.4. The maximum Gasteiger partial charge on any atom is 0.342 e. The van der Waals surface area contributed by atoms with E-state index in [0.717, 1.165) is 30.8 Å². The zero-order valence-corrected chi connectivity index (χ0v) is 23.4. The summed E-state index contributed by atoms with van der Waals surface area (Å²) in [6, 6.07) is 13.5. The van der Waals surface area contributed by atoms with Crippen LogP contribution in [0, 0.1) is 0 Å². The number of amides is 2. The predicted octanol–water partition coefficient (Wildman–Crippen LogP) is 3.17. The smallest absolute Gasteiger partial charge is 0.342 e. The minimum atomic E-state index is -3.66. The molecule has 3 heterocycles. The van der Waals surface area contributed by atoms with Crippen molar-refractivity contribution in [1.29, 1.82) is 0 Å². The highest BCUT2D eigenvalue weighted by Gasteiger charge is 2.47. The normalized spacial score (nSPS) is 17.4. The van der Waals surface area contributed by atoms with Crippen molar-refractivity contribution in [1.82, 2.24) is 20.2 Å². The molecule has 2 amide bonds. The van der Waals surface area contributed by atoms with Crippen LogP contribution >= 0.6 is 0 Å². The van der Waals surface area contributed by atoms with Crippen LogP contribution in [-0.2, 0) is 4.79 Å². The third kappa shape index (κ3) is 6.11. The van der Waals surface area contributed by atoms with E-state index in [-0.39, 0.29) is 36.0 Å². The summed E-state index contributed by atoms with van der Waals surface area (Å²) >= 11 is 0. The Kier molecular flexibility index (Phi) is 8.50. The van der Waals surface area contributed by atoms with Crippen LogP contribution in [0.15, 0.2) is 54.7 Å². The molecule has 13 heteroatoms. The molecule has 0 radical (unpaired) electrons. The molecule has 1 aromatic heterocycles. The van der Waals surface area contributed by atoms with Gasteiger partial charge in [0.25, 0.3) is 11.8 Å². The maximum absolute atomic E-state index is 14.9. The van der Waals surface area contributed by atoms with Gasteiger partial charge in [0.15, 0.2) is 5.82 Å². The second kappa shape index (κ2) is 12.2. The molecule has 0 unspecified atom stereocenters. The van der Waals surface area contributed by atoms with Crippen molar-refractivity contribution in [2.75, 3.05) is 62.1 Å². The van der Waals surface area contributed by atoms with E-state index in [0.29, 0.717) is 29.2 Å². The number of nitrogens with one attached hydrogen (secondary N) is 2. The molecule has 0 spiro atoms. The van der Waals surface area contributed by atoms with Crippen molar-refractivity contribution in [3.05, 3.63) is 60.3 Å². The quantitative estimate of drug-likeness (QED) is 0.368. The number of carbonyl (C=O) groups excluding carboxylic acids is 2. The summed E-state index contributed by atoms with van der Waals surface area (Å²) in [4.78, 5) is 38.6. The average Bonchev–Trinajstić information content (AvgIpc) is 3.07. The number of aliphatic hydroxyl groups excluding tert-OH is 1. The second-order valence-electron chi connectivity index (χ2n) is 10.2. The molecule has 0 aliphatic carbocycles. The monoisotopic (exact) mass is 581 g/mol. The van der Waals surface area contributed by atoms with E-state index in [4.69, 9.17) is 9.84 Å².